The number of urea groups is 1. The number of fused-ring (bicyclic) bond motifs is 1. The number of carbonyl (C=O) groups is 3. The smallest absolute Gasteiger partial charge is 0.317 e. The highest BCUT2D eigenvalue weighted by Crippen LogP contribution is 2.24. The molecule has 1 saturated heterocycles. The van der Waals surface area contributed by atoms with Crippen LogP contribution in [0.4, 0.5) is 10.5 Å². The summed E-state index contributed by atoms with van der Waals surface area (Å²) in [5.41, 5.74) is 2.71. The van der Waals surface area contributed by atoms with E-state index in [0.29, 0.717) is 39.0 Å². The fraction of sp³-hybridized carbons (Fsp3) is 0.500. The fourth-order valence-corrected chi connectivity index (χ4v) is 3.18. The minimum absolute atomic E-state index is 0.00530. The second kappa shape index (κ2) is 7.13. The molecule has 0 bridgehead atoms. The first kappa shape index (κ1) is 17.3. The SMILES string of the molecule is CC(C)NC(=O)N1CCN(C(=O)Cc2ccc3c(c2)CC(=O)N3)CC1. The highest BCUT2D eigenvalue weighted by Gasteiger charge is 2.25. The van der Waals surface area contributed by atoms with Gasteiger partial charge >= 0.3 is 6.03 Å². The van der Waals surface area contributed by atoms with Gasteiger partial charge in [-0.3, -0.25) is 9.59 Å². The minimum Gasteiger partial charge on any atom is -0.339 e. The van der Waals surface area contributed by atoms with E-state index in [0.717, 1.165) is 16.8 Å². The molecule has 0 radical (unpaired) electrons. The van der Waals surface area contributed by atoms with Gasteiger partial charge in [0.15, 0.2) is 0 Å². The summed E-state index contributed by atoms with van der Waals surface area (Å²) in [6.07, 6.45) is 0.695. The molecule has 0 aromatic heterocycles. The van der Waals surface area contributed by atoms with E-state index in [1.807, 2.05) is 32.0 Å². The van der Waals surface area contributed by atoms with Gasteiger partial charge in [-0.1, -0.05) is 12.1 Å². The molecule has 3 rings (SSSR count). The number of nitrogens with one attached hydrogen (secondary N) is 2. The van der Waals surface area contributed by atoms with Gasteiger partial charge in [0.25, 0.3) is 0 Å². The number of amides is 4. The van der Waals surface area contributed by atoms with Crippen molar-refractivity contribution >= 4 is 23.5 Å². The molecule has 1 aromatic carbocycles. The fourth-order valence-electron chi connectivity index (χ4n) is 3.18. The molecule has 134 valence electrons. The third-order valence-electron chi connectivity index (χ3n) is 4.48. The summed E-state index contributed by atoms with van der Waals surface area (Å²) >= 11 is 0. The predicted octanol–water partition coefficient (Wildman–Crippen LogP) is 0.986. The van der Waals surface area contributed by atoms with Crippen LogP contribution in [0.5, 0.6) is 0 Å². The van der Waals surface area contributed by atoms with Crippen LogP contribution in [-0.4, -0.2) is 59.9 Å². The van der Waals surface area contributed by atoms with Crippen LogP contribution in [0, 0.1) is 0 Å². The van der Waals surface area contributed by atoms with Crippen molar-refractivity contribution < 1.29 is 14.4 Å². The molecule has 0 spiro atoms. The van der Waals surface area contributed by atoms with Gasteiger partial charge in [0, 0.05) is 37.9 Å². The van der Waals surface area contributed by atoms with E-state index >= 15 is 0 Å². The summed E-state index contributed by atoms with van der Waals surface area (Å²) in [7, 11) is 0. The Morgan fingerprint density at radius 1 is 1.16 bits per heavy atom. The maximum atomic E-state index is 12.5. The molecule has 0 aliphatic carbocycles. The summed E-state index contributed by atoms with van der Waals surface area (Å²) in [6, 6.07) is 5.70. The van der Waals surface area contributed by atoms with Gasteiger partial charge in [0.05, 0.1) is 12.8 Å². The van der Waals surface area contributed by atoms with Crippen LogP contribution in [0.3, 0.4) is 0 Å². The van der Waals surface area contributed by atoms with Gasteiger partial charge in [-0.05, 0) is 31.0 Å². The summed E-state index contributed by atoms with van der Waals surface area (Å²) in [4.78, 5) is 39.5. The molecule has 7 heteroatoms. The van der Waals surface area contributed by atoms with Crippen molar-refractivity contribution in [3.05, 3.63) is 29.3 Å². The van der Waals surface area contributed by atoms with E-state index < -0.39 is 0 Å². The first-order valence-electron chi connectivity index (χ1n) is 8.67. The molecule has 0 unspecified atom stereocenters. The molecule has 2 N–H and O–H groups in total. The predicted molar refractivity (Wildman–Crippen MR) is 94.3 cm³/mol. The first-order chi connectivity index (χ1) is 11.9. The molecular weight excluding hydrogens is 320 g/mol. The molecule has 1 fully saturated rings. The maximum Gasteiger partial charge on any atom is 0.317 e. The number of anilines is 1. The molecule has 0 saturated carbocycles. The Morgan fingerprint density at radius 2 is 1.84 bits per heavy atom. The summed E-state index contributed by atoms with van der Waals surface area (Å²) in [5.74, 6) is 0.0513. The third-order valence-corrected chi connectivity index (χ3v) is 4.48. The number of rotatable bonds is 3. The zero-order valence-corrected chi connectivity index (χ0v) is 14.7. The number of hydrogen-bond acceptors (Lipinski definition) is 3. The van der Waals surface area contributed by atoms with Crippen LogP contribution in [-0.2, 0) is 22.4 Å². The quantitative estimate of drug-likeness (QED) is 0.858. The lowest BCUT2D eigenvalue weighted by molar-refractivity contribution is -0.131. The van der Waals surface area contributed by atoms with E-state index in [1.165, 1.54) is 0 Å². The molecule has 25 heavy (non-hydrogen) atoms. The van der Waals surface area contributed by atoms with E-state index in [1.54, 1.807) is 9.80 Å². The van der Waals surface area contributed by atoms with Gasteiger partial charge in [-0.25, -0.2) is 4.79 Å². The Morgan fingerprint density at radius 3 is 2.52 bits per heavy atom. The largest absolute Gasteiger partial charge is 0.339 e. The standard InChI is InChI=1S/C18H24N4O3/c1-12(2)19-18(25)22-7-5-21(6-8-22)17(24)10-13-3-4-15-14(9-13)11-16(23)20-15/h3-4,9,12H,5-8,10-11H2,1-2H3,(H,19,25)(H,20,23). The van der Waals surface area contributed by atoms with Gasteiger partial charge < -0.3 is 20.4 Å². The normalized spacial score (nSPS) is 16.7. The Hall–Kier alpha value is -2.57. The molecule has 2 heterocycles. The maximum absolute atomic E-state index is 12.5. The molecule has 0 atom stereocenters. The van der Waals surface area contributed by atoms with E-state index in [-0.39, 0.29) is 23.9 Å². The Kier molecular flexibility index (Phi) is 4.92. The Balaban J connectivity index is 1.53. The number of piperazine rings is 1. The Bertz CT molecular complexity index is 694. The Labute approximate surface area is 147 Å². The van der Waals surface area contributed by atoms with Crippen LogP contribution < -0.4 is 10.6 Å². The minimum atomic E-state index is -0.0714. The lowest BCUT2D eigenvalue weighted by atomic mass is 10.1. The summed E-state index contributed by atoms with van der Waals surface area (Å²) in [5, 5.41) is 5.67. The van der Waals surface area contributed by atoms with Gasteiger partial charge in [0.1, 0.15) is 0 Å². The lowest BCUT2D eigenvalue weighted by Gasteiger charge is -2.35. The second-order valence-electron chi connectivity index (χ2n) is 6.87. The van der Waals surface area contributed by atoms with Crippen molar-refractivity contribution in [1.82, 2.24) is 15.1 Å². The monoisotopic (exact) mass is 344 g/mol. The summed E-state index contributed by atoms with van der Waals surface area (Å²) < 4.78 is 0. The van der Waals surface area contributed by atoms with Gasteiger partial charge in [0.2, 0.25) is 11.8 Å². The van der Waals surface area contributed by atoms with E-state index in [9.17, 15) is 14.4 Å². The highest BCUT2D eigenvalue weighted by molar-refractivity contribution is 5.99. The first-order valence-corrected chi connectivity index (χ1v) is 8.67. The number of carbonyl (C=O) groups excluding carboxylic acids is 3. The van der Waals surface area contributed by atoms with Crippen molar-refractivity contribution in [1.29, 1.82) is 0 Å². The second-order valence-corrected chi connectivity index (χ2v) is 6.87. The topological polar surface area (TPSA) is 81.8 Å². The molecule has 7 nitrogen and oxygen atoms in total. The van der Waals surface area contributed by atoms with Crippen LogP contribution in [0.25, 0.3) is 0 Å². The van der Waals surface area contributed by atoms with E-state index in [2.05, 4.69) is 10.6 Å². The molecular formula is C18H24N4O3. The van der Waals surface area contributed by atoms with Crippen LogP contribution in [0.1, 0.15) is 25.0 Å². The van der Waals surface area contributed by atoms with Crippen molar-refractivity contribution in [3.63, 3.8) is 0 Å². The average Bonchev–Trinajstić information content (AvgIpc) is 2.93. The molecule has 4 amide bonds. The van der Waals surface area contributed by atoms with E-state index in [4.69, 9.17) is 0 Å². The zero-order chi connectivity index (χ0) is 18.0. The van der Waals surface area contributed by atoms with Gasteiger partial charge in [-0.2, -0.15) is 0 Å². The van der Waals surface area contributed by atoms with Crippen molar-refractivity contribution in [2.24, 2.45) is 0 Å². The third kappa shape index (κ3) is 4.10. The molecule has 2 aliphatic heterocycles. The lowest BCUT2D eigenvalue weighted by Crippen LogP contribution is -2.54. The molecule has 2 aliphatic rings. The van der Waals surface area contributed by atoms with Crippen LogP contribution in [0.15, 0.2) is 18.2 Å². The van der Waals surface area contributed by atoms with Crippen molar-refractivity contribution in [2.45, 2.75) is 32.7 Å². The van der Waals surface area contributed by atoms with Crippen LogP contribution in [0.2, 0.25) is 0 Å². The van der Waals surface area contributed by atoms with Crippen molar-refractivity contribution in [2.75, 3.05) is 31.5 Å². The number of benzene rings is 1. The molecule has 1 aromatic rings. The number of hydrogen-bond donors (Lipinski definition) is 2. The zero-order valence-electron chi connectivity index (χ0n) is 14.7. The highest BCUT2D eigenvalue weighted by atomic mass is 16.2. The van der Waals surface area contributed by atoms with Crippen LogP contribution >= 0.6 is 0 Å². The average molecular weight is 344 g/mol. The van der Waals surface area contributed by atoms with Gasteiger partial charge in [-0.15, -0.1) is 0 Å². The van der Waals surface area contributed by atoms with Crippen molar-refractivity contribution in [3.8, 4) is 0 Å². The summed E-state index contributed by atoms with van der Waals surface area (Å²) in [6.45, 7) is 6.05. The number of nitrogens with zero attached hydrogens (tertiary/aromatic N) is 2.